The third-order valence-electron chi connectivity index (χ3n) is 21.2. The van der Waals surface area contributed by atoms with Crippen molar-refractivity contribution in [1.82, 2.24) is 61.2 Å². The summed E-state index contributed by atoms with van der Waals surface area (Å²) in [5.74, 6) is -7.19. The van der Waals surface area contributed by atoms with Crippen LogP contribution in [0.1, 0.15) is 80.3 Å². The normalized spacial score (nSPS) is 14.4. The number of nitrogens with two attached hydrogens (primary N) is 1. The van der Waals surface area contributed by atoms with E-state index in [0.717, 1.165) is 22.6 Å². The van der Waals surface area contributed by atoms with Crippen molar-refractivity contribution < 1.29 is 107 Å². The fourth-order valence-corrected chi connectivity index (χ4v) is 16.7. The maximum atomic E-state index is 14.7. The molecule has 8 aromatic rings. The Kier molecular flexibility index (Phi) is 35.0. The van der Waals surface area contributed by atoms with Crippen molar-refractivity contribution in [3.05, 3.63) is 173 Å². The third-order valence-corrected chi connectivity index (χ3v) is 24.2. The fraction of sp³-hybridized carbons (Fsp3) is 0.407. The number of aliphatic carboxylic acids is 1. The lowest BCUT2D eigenvalue weighted by Crippen LogP contribution is -2.57. The van der Waals surface area contributed by atoms with Crippen LogP contribution in [0.4, 0.5) is 14.9 Å². The van der Waals surface area contributed by atoms with E-state index in [-0.39, 0.29) is 121 Å². The minimum Gasteiger partial charge on any atom is -0.496 e. The number of anilines is 1. The molecule has 4 atom stereocenters. The van der Waals surface area contributed by atoms with Crippen LogP contribution in [0.15, 0.2) is 134 Å². The molecule has 1 saturated heterocycles. The van der Waals surface area contributed by atoms with E-state index in [4.69, 9.17) is 46.0 Å². The number of fused-ring (bicyclic) bond motifs is 1. The number of nitrogens with zero attached hydrogens (tertiary/aromatic N) is 8. The number of aromatic nitrogens is 4. The molecule has 2 aliphatic heterocycles. The predicted octanol–water partition coefficient (Wildman–Crippen LogP) is 6.91. The highest BCUT2D eigenvalue weighted by atomic mass is 35.5. The molecule has 0 aliphatic carbocycles. The van der Waals surface area contributed by atoms with Crippen molar-refractivity contribution in [2.45, 2.75) is 110 Å². The number of methoxy groups -OCH3 is 1. The van der Waals surface area contributed by atoms with Crippen LogP contribution in [0.25, 0.3) is 43.2 Å². The summed E-state index contributed by atoms with van der Waals surface area (Å²) in [6.07, 6.45) is 3.61. The van der Waals surface area contributed by atoms with E-state index < -0.39 is 121 Å². The van der Waals surface area contributed by atoms with Crippen LogP contribution in [0, 0.1) is 18.7 Å². The van der Waals surface area contributed by atoms with Crippen molar-refractivity contribution in [3.8, 4) is 56.1 Å². The SMILES string of the molecule is COc1ccccc1-c1nccc(COc2ccccc2C[C@@H](Oc2ncnc3sc(-c4ccc(F)cc4)c(-c4ccc(OCCN5CC[N+](C)(Cc6ccc(NC(=O)[C@H](CCCNC(N)=O)NC(=O)[C@@H](NC(=O)CCOCCN7C(=O)C=CC7=O)C(C)C)cc6CN(C)C(=O)[C@H](CCCNCCCS(=O)(=O)O)NC(=O)CS(=O)(=O)O)CC5)c(Cl)c4C)c23)C(=O)O)n1. The zero-order valence-corrected chi connectivity index (χ0v) is 74.1. The number of carbonyl (C=O) groups excluding carboxylic acids is 8. The Bertz CT molecular complexity index is 5530. The molecule has 5 aromatic carbocycles. The molecule has 2 aliphatic rings. The van der Waals surface area contributed by atoms with Crippen molar-refractivity contribution in [3.63, 3.8) is 0 Å². The van der Waals surface area contributed by atoms with Crippen molar-refractivity contribution in [2.75, 3.05) is 117 Å². The number of quaternary nitrogens is 1. The predicted molar refractivity (Wildman–Crippen MR) is 470 cm³/mol. The molecule has 0 spiro atoms. The molecule has 9 amide bonds. The molecule has 0 bridgehead atoms. The summed E-state index contributed by atoms with van der Waals surface area (Å²) < 4.78 is 111. The second-order valence-corrected chi connectivity index (χ2v) is 35.5. The number of carbonyl (C=O) groups is 9. The first-order valence-electron chi connectivity index (χ1n) is 40.9. The van der Waals surface area contributed by atoms with Gasteiger partial charge in [0, 0.05) is 92.7 Å². The van der Waals surface area contributed by atoms with E-state index in [2.05, 4.69) is 58.8 Å². The molecule has 41 heteroatoms. The van der Waals surface area contributed by atoms with Crippen LogP contribution in [0.2, 0.25) is 5.02 Å². The largest absolute Gasteiger partial charge is 0.496 e. The van der Waals surface area contributed by atoms with Gasteiger partial charge in [-0.05, 0) is 140 Å². The van der Waals surface area contributed by atoms with Gasteiger partial charge in [0.1, 0.15) is 72.1 Å². The van der Waals surface area contributed by atoms with Gasteiger partial charge in [0.05, 0.1) is 74.4 Å². The van der Waals surface area contributed by atoms with Crippen molar-refractivity contribution >= 4 is 112 Å². The Hall–Kier alpha value is -11.7. The number of amides is 9. The van der Waals surface area contributed by atoms with E-state index in [1.54, 1.807) is 93.9 Å². The number of imide groups is 1. The number of hydrogen-bond donors (Lipinski definition) is 10. The molecular formula is C86H104ClFN15O21S3+. The van der Waals surface area contributed by atoms with Gasteiger partial charge in [0.25, 0.3) is 32.1 Å². The van der Waals surface area contributed by atoms with Gasteiger partial charge in [0.15, 0.2) is 11.6 Å². The summed E-state index contributed by atoms with van der Waals surface area (Å²) >= 11 is 8.60. The maximum Gasteiger partial charge on any atom is 0.345 e. The van der Waals surface area contributed by atoms with Crippen LogP contribution in [0.5, 0.6) is 23.1 Å². The van der Waals surface area contributed by atoms with E-state index >= 15 is 0 Å². The van der Waals surface area contributed by atoms with Gasteiger partial charge in [-0.15, -0.1) is 11.3 Å². The van der Waals surface area contributed by atoms with Crippen LogP contribution < -0.4 is 56.6 Å². The average Bonchev–Trinajstić information content (AvgIpc) is 1.59. The summed E-state index contributed by atoms with van der Waals surface area (Å²) in [5.41, 5.74) is 10.9. The van der Waals surface area contributed by atoms with Crippen molar-refractivity contribution in [1.29, 1.82) is 0 Å². The first kappa shape index (κ1) is 97.5. The number of carboxylic acids is 1. The Labute approximate surface area is 742 Å². The average molecular weight is 1830 g/mol. The standard InChI is InChI=1S/C86H103ClFN15O21S3/c1-53(2)77(99-70(104)31-42-121-43-39-102-72(106)28-29-73(102)107)81(109)98-64(16-12-34-92-86(89)113)80(108)96-60-25-22-57(58(46-60)48-100(4)84(110)65(97-71(105)51-127(117,118)119)17-11-32-90-33-13-45-126(114,115)116)49-103(5)40-36-101(37-41-103)38-44-122-68-27-26-62(54(3)76(68)87)74-75-82(93-52-94-83(75)125-78(74)55-20-23-59(88)24-21-55)124-69(85(111)112)47-56-14-7-9-18-66(56)123-50-61-30-35-91-79(95-61)63-15-8-10-19-67(63)120-6/h7-10,14-15,18-30,35,46,52-53,64-65,69,77,90H,11-13,16-17,31-34,36-45,47-51H2,1-6H3,(H9-,89,92,96,97,98,99,104,105,108,109,111,112,113,114,115,116,117,118,119)/p+1/t64-,65-,69+,77-/m0/s1. The van der Waals surface area contributed by atoms with Gasteiger partial charge in [0.2, 0.25) is 41.5 Å². The Morgan fingerprint density at radius 1 is 0.740 bits per heavy atom. The lowest BCUT2D eigenvalue weighted by Gasteiger charge is -2.42. The lowest BCUT2D eigenvalue weighted by atomic mass is 9.96. The molecule has 0 saturated carbocycles. The van der Waals surface area contributed by atoms with Crippen LogP contribution in [0.3, 0.4) is 0 Å². The molecule has 36 nitrogen and oxygen atoms in total. The summed E-state index contributed by atoms with van der Waals surface area (Å²) in [5, 5.41) is 27.8. The Morgan fingerprint density at radius 2 is 1.44 bits per heavy atom. The Balaban J connectivity index is 0.841. The highest BCUT2D eigenvalue weighted by Crippen LogP contribution is 2.50. The second-order valence-electron chi connectivity index (χ2n) is 31.1. The van der Waals surface area contributed by atoms with E-state index in [9.17, 15) is 78.6 Å². The lowest BCUT2D eigenvalue weighted by molar-refractivity contribution is -0.926. The van der Waals surface area contributed by atoms with Gasteiger partial charge in [-0.1, -0.05) is 80.0 Å². The molecule has 1 fully saturated rings. The number of thiophene rings is 1. The summed E-state index contributed by atoms with van der Waals surface area (Å²) in [7, 11) is -3.99. The monoisotopic (exact) mass is 1830 g/mol. The van der Waals surface area contributed by atoms with Gasteiger partial charge in [-0.2, -0.15) is 16.8 Å². The molecule has 0 unspecified atom stereocenters. The maximum absolute atomic E-state index is 14.7. The Morgan fingerprint density at radius 3 is 2.14 bits per heavy atom. The van der Waals surface area contributed by atoms with Gasteiger partial charge < -0.3 is 75.8 Å². The number of primary amides is 1. The number of piperazine rings is 1. The molecular weight excluding hydrogens is 1730 g/mol. The minimum absolute atomic E-state index is 0.0162. The molecule has 3 aromatic heterocycles. The quantitative estimate of drug-likeness (QED) is 0.00801. The number of urea groups is 1. The first-order valence-corrected chi connectivity index (χ1v) is 45.3. The number of hydrogen-bond acceptors (Lipinski definition) is 25. The van der Waals surface area contributed by atoms with Crippen LogP contribution in [-0.4, -0.2) is 259 Å². The summed E-state index contributed by atoms with van der Waals surface area (Å²) in [6.45, 7) is 8.63. The van der Waals surface area contributed by atoms with E-state index in [0.29, 0.717) is 127 Å². The number of nitrogens with one attached hydrogen (secondary N) is 6. The number of rotatable bonds is 48. The highest BCUT2D eigenvalue weighted by Gasteiger charge is 2.35. The van der Waals surface area contributed by atoms with Crippen LogP contribution in [-0.2, 0) is 89.4 Å². The zero-order valence-electron chi connectivity index (χ0n) is 70.9. The van der Waals surface area contributed by atoms with E-state index in [1.807, 2.05) is 37.3 Å². The number of benzene rings is 5. The minimum atomic E-state index is -4.85. The molecule has 11 N–H and O–H groups in total. The number of halogens is 2. The molecule has 0 radical (unpaired) electrons. The highest BCUT2D eigenvalue weighted by molar-refractivity contribution is 7.86. The van der Waals surface area contributed by atoms with Gasteiger partial charge in [-0.3, -0.25) is 52.5 Å². The topological polar surface area (TPSA) is 488 Å². The van der Waals surface area contributed by atoms with Gasteiger partial charge in [-0.25, -0.2) is 33.9 Å². The first-order chi connectivity index (χ1) is 60.5. The number of carboxylic acid groups (broad SMARTS) is 1. The van der Waals surface area contributed by atoms with E-state index in [1.165, 1.54) is 41.7 Å². The molecule has 127 heavy (non-hydrogen) atoms. The van der Waals surface area contributed by atoms with Gasteiger partial charge >= 0.3 is 12.0 Å². The summed E-state index contributed by atoms with van der Waals surface area (Å²) in [6, 6.07) is 26.0. The fourth-order valence-electron chi connectivity index (χ4n) is 14.4. The number of para-hydroxylation sites is 2. The van der Waals surface area contributed by atoms with Crippen LogP contribution >= 0.6 is 22.9 Å². The third kappa shape index (κ3) is 28.6. The molecule has 5 heterocycles. The summed E-state index contributed by atoms with van der Waals surface area (Å²) in [4.78, 5) is 143. The number of ether oxygens (including phenoxy) is 5. The molecule has 680 valence electrons. The molecule has 10 rings (SSSR count). The smallest absolute Gasteiger partial charge is 0.345 e. The number of likely N-dealkylation sites (N-methyl/N-ethyl adjacent to an activating group) is 2. The van der Waals surface area contributed by atoms with Crippen molar-refractivity contribution in [2.24, 2.45) is 11.7 Å². The zero-order chi connectivity index (χ0) is 91.7. The second kappa shape index (κ2) is 45.6.